The molecule has 0 aliphatic carbocycles. The van der Waals surface area contributed by atoms with Gasteiger partial charge in [0.05, 0.1) is 24.2 Å². The summed E-state index contributed by atoms with van der Waals surface area (Å²) in [5.74, 6) is -1.04. The second kappa shape index (κ2) is 7.11. The number of nitrogen functional groups attached to an aromatic ring is 1. The molecule has 0 unspecified atom stereocenters. The van der Waals surface area contributed by atoms with E-state index in [0.717, 1.165) is 0 Å². The van der Waals surface area contributed by atoms with Crippen molar-refractivity contribution in [1.82, 2.24) is 0 Å². The Morgan fingerprint density at radius 3 is 1.93 bits per heavy atom. The van der Waals surface area contributed by atoms with Gasteiger partial charge in [0, 0.05) is 6.07 Å². The van der Waals surface area contributed by atoms with E-state index in [4.69, 9.17) is 19.6 Å². The minimum Gasteiger partial charge on any atom is -0.505 e. The fourth-order valence-electron chi connectivity index (χ4n) is 2.12. The summed E-state index contributed by atoms with van der Waals surface area (Å²) in [6, 6.07) is 4.37. The molecule has 0 amide bonds. The number of methoxy groups -OCH3 is 1. The average molecular weight is 417 g/mol. The highest BCUT2D eigenvalue weighted by Gasteiger charge is 2.26. The average Bonchev–Trinajstić information content (AvgIpc) is 2.53. The lowest BCUT2D eigenvalue weighted by atomic mass is 10.1. The van der Waals surface area contributed by atoms with Crippen molar-refractivity contribution >= 4 is 37.3 Å². The van der Waals surface area contributed by atoms with Gasteiger partial charge in [0.2, 0.25) is 0 Å². The largest absolute Gasteiger partial charge is 0.505 e. The van der Waals surface area contributed by atoms with Crippen molar-refractivity contribution < 1.29 is 35.8 Å². The van der Waals surface area contributed by atoms with Crippen LogP contribution in [0.3, 0.4) is 0 Å². The lowest BCUT2D eigenvalue weighted by molar-refractivity contribution is 0.417. The Labute approximate surface area is 154 Å². The molecule has 146 valence electrons. The van der Waals surface area contributed by atoms with Gasteiger partial charge in [-0.15, -0.1) is 0 Å². The quantitative estimate of drug-likeness (QED) is 0.321. The Kier molecular flexibility index (Phi) is 5.42. The van der Waals surface area contributed by atoms with Crippen LogP contribution in [0.15, 0.2) is 44.3 Å². The Bertz CT molecular complexity index is 1090. The number of nitrogens with zero attached hydrogens (tertiary/aromatic N) is 2. The number of benzene rings is 2. The van der Waals surface area contributed by atoms with E-state index in [9.17, 15) is 21.9 Å². The summed E-state index contributed by atoms with van der Waals surface area (Å²) in [5.41, 5.74) is 6.58. The zero-order chi connectivity index (χ0) is 20.6. The van der Waals surface area contributed by atoms with Gasteiger partial charge in [-0.3, -0.25) is 9.11 Å². The molecule has 0 saturated heterocycles. The highest BCUT2D eigenvalue weighted by Crippen LogP contribution is 2.36. The minimum absolute atomic E-state index is 0.274. The molecule has 0 fully saturated rings. The summed E-state index contributed by atoms with van der Waals surface area (Å²) >= 11 is 0. The van der Waals surface area contributed by atoms with Crippen molar-refractivity contribution in [2.75, 3.05) is 12.8 Å². The first-order valence-electron chi connectivity index (χ1n) is 7.02. The molecule has 0 spiro atoms. The third-order valence-corrected chi connectivity index (χ3v) is 5.14. The molecule has 27 heavy (non-hydrogen) atoms. The first-order valence-corrected chi connectivity index (χ1v) is 9.90. The third kappa shape index (κ3) is 4.51. The minimum atomic E-state index is -5.01. The number of phenolic OH excluding ortho intramolecular Hbond substituents is 1. The van der Waals surface area contributed by atoms with Crippen molar-refractivity contribution in [3.8, 4) is 11.5 Å². The fourth-order valence-corrected chi connectivity index (χ4v) is 3.43. The molecule has 11 nitrogen and oxygen atoms in total. The predicted octanol–water partition coefficient (Wildman–Crippen LogP) is 2.20. The topological polar surface area (TPSA) is 189 Å². The number of aryl methyl sites for hydroxylation is 1. The molecule has 2 aromatic carbocycles. The summed E-state index contributed by atoms with van der Waals surface area (Å²) in [6.07, 6.45) is 0. The number of nitrogens with two attached hydrogens (primary N) is 1. The van der Waals surface area contributed by atoms with E-state index in [1.54, 1.807) is 13.0 Å². The third-order valence-electron chi connectivity index (χ3n) is 3.40. The van der Waals surface area contributed by atoms with Gasteiger partial charge in [-0.25, -0.2) is 0 Å². The van der Waals surface area contributed by atoms with Crippen LogP contribution >= 0.6 is 0 Å². The van der Waals surface area contributed by atoms with E-state index in [-0.39, 0.29) is 11.4 Å². The molecule has 5 N–H and O–H groups in total. The predicted molar refractivity (Wildman–Crippen MR) is 94.1 cm³/mol. The second-order valence-electron chi connectivity index (χ2n) is 5.32. The fraction of sp³-hybridized carbons (Fsp3) is 0.143. The summed E-state index contributed by atoms with van der Waals surface area (Å²) in [7, 11) is -8.63. The van der Waals surface area contributed by atoms with E-state index < -0.39 is 35.8 Å². The maximum absolute atomic E-state index is 11.4. The highest BCUT2D eigenvalue weighted by molar-refractivity contribution is 7.86. The smallest absolute Gasteiger partial charge is 0.298 e. The first-order chi connectivity index (χ1) is 12.3. The van der Waals surface area contributed by atoms with Gasteiger partial charge < -0.3 is 15.6 Å². The molecule has 0 aliphatic heterocycles. The van der Waals surface area contributed by atoms with E-state index in [0.29, 0.717) is 29.1 Å². The molecule has 13 heteroatoms. The molecule has 0 aliphatic rings. The van der Waals surface area contributed by atoms with Crippen molar-refractivity contribution in [1.29, 1.82) is 0 Å². The van der Waals surface area contributed by atoms with Crippen molar-refractivity contribution in [3.05, 3.63) is 29.8 Å². The molecular formula is C14H15N3O8S2. The zero-order valence-corrected chi connectivity index (χ0v) is 15.6. The van der Waals surface area contributed by atoms with Crippen LogP contribution in [0.4, 0.5) is 17.1 Å². The Morgan fingerprint density at radius 2 is 1.48 bits per heavy atom. The van der Waals surface area contributed by atoms with E-state index >= 15 is 0 Å². The number of rotatable bonds is 5. The van der Waals surface area contributed by atoms with Crippen LogP contribution in [0.5, 0.6) is 11.5 Å². The van der Waals surface area contributed by atoms with Crippen LogP contribution < -0.4 is 10.5 Å². The van der Waals surface area contributed by atoms with Gasteiger partial charge in [-0.2, -0.15) is 27.1 Å². The number of azo groups is 1. The molecule has 0 heterocycles. The van der Waals surface area contributed by atoms with Crippen molar-refractivity contribution in [2.24, 2.45) is 10.2 Å². The second-order valence-corrected chi connectivity index (χ2v) is 8.10. The maximum atomic E-state index is 11.4. The van der Waals surface area contributed by atoms with Gasteiger partial charge in [0.1, 0.15) is 15.5 Å². The Morgan fingerprint density at radius 1 is 0.963 bits per heavy atom. The van der Waals surface area contributed by atoms with Gasteiger partial charge in [-0.1, -0.05) is 0 Å². The normalized spacial score (nSPS) is 12.4. The van der Waals surface area contributed by atoms with Crippen LogP contribution in [0.1, 0.15) is 5.56 Å². The monoisotopic (exact) mass is 417 g/mol. The summed E-state index contributed by atoms with van der Waals surface area (Å²) < 4.78 is 68.7. The van der Waals surface area contributed by atoms with Crippen LogP contribution in [0.25, 0.3) is 0 Å². The summed E-state index contributed by atoms with van der Waals surface area (Å²) in [4.78, 5) is -2.31. The highest BCUT2D eigenvalue weighted by atomic mass is 32.2. The van der Waals surface area contributed by atoms with Crippen molar-refractivity contribution in [2.45, 2.75) is 16.7 Å². The van der Waals surface area contributed by atoms with E-state index in [2.05, 4.69) is 10.2 Å². The summed E-state index contributed by atoms with van der Waals surface area (Å²) in [5, 5.41) is 17.3. The van der Waals surface area contributed by atoms with Gasteiger partial charge in [-0.05, 0) is 30.7 Å². The first kappa shape index (κ1) is 20.6. The molecule has 0 aromatic heterocycles. The zero-order valence-electron chi connectivity index (χ0n) is 14.0. The molecular weight excluding hydrogens is 402 g/mol. The van der Waals surface area contributed by atoms with Gasteiger partial charge in [0.15, 0.2) is 5.75 Å². The van der Waals surface area contributed by atoms with Crippen LogP contribution in [-0.2, 0) is 20.2 Å². The number of ether oxygens (including phenoxy) is 1. The maximum Gasteiger partial charge on any atom is 0.298 e. The van der Waals surface area contributed by atoms with E-state index in [1.807, 2.05) is 0 Å². The lowest BCUT2D eigenvalue weighted by Crippen LogP contribution is -2.04. The lowest BCUT2D eigenvalue weighted by Gasteiger charge is -2.08. The Balaban J connectivity index is 2.65. The van der Waals surface area contributed by atoms with Crippen LogP contribution in [-0.4, -0.2) is 38.2 Å². The molecule has 2 aromatic rings. The number of anilines is 1. The number of hydrogen-bond acceptors (Lipinski definition) is 9. The Hall–Kier alpha value is -2.74. The number of phenols is 1. The number of aromatic hydroxyl groups is 1. The standard InChI is InChI=1S/C14H15N3O8S2/c1-7-3-9(15)11(25-2)6-10(7)17-16-8-4-12(26(19,20)21)14(18)13(5-8)27(22,23)24/h3-6,18H,15H2,1-2H3,(H,19,20,21)(H,22,23,24). The molecule has 0 saturated carbocycles. The number of hydrogen-bond donors (Lipinski definition) is 4. The van der Waals surface area contributed by atoms with Crippen LogP contribution in [0, 0.1) is 6.92 Å². The van der Waals surface area contributed by atoms with Crippen molar-refractivity contribution in [3.63, 3.8) is 0 Å². The molecule has 0 bridgehead atoms. The SMILES string of the molecule is COc1cc(N=Nc2cc(S(=O)(=O)O)c(O)c(S(=O)(=O)O)c2)c(C)cc1N. The summed E-state index contributed by atoms with van der Waals surface area (Å²) in [6.45, 7) is 1.66. The molecule has 2 rings (SSSR count). The molecule has 0 radical (unpaired) electrons. The molecule has 0 atom stereocenters. The van der Waals surface area contributed by atoms with Gasteiger partial charge >= 0.3 is 0 Å². The van der Waals surface area contributed by atoms with Crippen LogP contribution in [0.2, 0.25) is 0 Å². The van der Waals surface area contributed by atoms with Gasteiger partial charge in [0.25, 0.3) is 20.2 Å². The van der Waals surface area contributed by atoms with E-state index in [1.165, 1.54) is 13.2 Å².